The average molecular weight is 547 g/mol. The van der Waals surface area contributed by atoms with E-state index in [2.05, 4.69) is 10.6 Å². The highest BCUT2D eigenvalue weighted by Gasteiger charge is 2.03. The molecular formula is C35H34N2O4. The number of carbonyl (C=O) groups excluding carboxylic acids is 2. The zero-order chi connectivity index (χ0) is 28.9. The SMILES string of the molecule is CCOc1ccc(/C=C/C(=O)Nc2ccc(Cc3ccc(NC(=O)/C=C/c4ccc(OCC)cc4)cc3)cc2)cc1. The summed E-state index contributed by atoms with van der Waals surface area (Å²) in [6.45, 7) is 5.12. The van der Waals surface area contributed by atoms with Crippen molar-refractivity contribution in [2.45, 2.75) is 20.3 Å². The van der Waals surface area contributed by atoms with E-state index in [4.69, 9.17) is 9.47 Å². The van der Waals surface area contributed by atoms with E-state index >= 15 is 0 Å². The van der Waals surface area contributed by atoms with E-state index in [-0.39, 0.29) is 11.8 Å². The smallest absolute Gasteiger partial charge is 0.248 e. The van der Waals surface area contributed by atoms with Crippen LogP contribution in [0.1, 0.15) is 36.1 Å². The van der Waals surface area contributed by atoms with Crippen LogP contribution in [0.15, 0.2) is 109 Å². The van der Waals surface area contributed by atoms with Crippen molar-refractivity contribution in [3.63, 3.8) is 0 Å². The molecule has 6 heteroatoms. The van der Waals surface area contributed by atoms with Crippen molar-refractivity contribution in [1.29, 1.82) is 0 Å². The lowest BCUT2D eigenvalue weighted by Crippen LogP contribution is -2.08. The third kappa shape index (κ3) is 9.55. The zero-order valence-corrected chi connectivity index (χ0v) is 23.3. The Bertz CT molecular complexity index is 1360. The normalized spacial score (nSPS) is 11.0. The molecule has 2 N–H and O–H groups in total. The van der Waals surface area contributed by atoms with E-state index in [1.165, 1.54) is 12.2 Å². The quantitative estimate of drug-likeness (QED) is 0.182. The number of carbonyl (C=O) groups is 2. The minimum absolute atomic E-state index is 0.196. The largest absolute Gasteiger partial charge is 0.494 e. The first-order chi connectivity index (χ1) is 20.0. The first-order valence-electron chi connectivity index (χ1n) is 13.6. The Balaban J connectivity index is 1.23. The van der Waals surface area contributed by atoms with E-state index in [1.54, 1.807) is 12.2 Å². The molecule has 41 heavy (non-hydrogen) atoms. The van der Waals surface area contributed by atoms with Gasteiger partial charge in [-0.05, 0) is 103 Å². The van der Waals surface area contributed by atoms with Crippen LogP contribution in [0.3, 0.4) is 0 Å². The lowest BCUT2D eigenvalue weighted by Gasteiger charge is -2.07. The summed E-state index contributed by atoms with van der Waals surface area (Å²) in [7, 11) is 0. The summed E-state index contributed by atoms with van der Waals surface area (Å²) < 4.78 is 10.9. The topological polar surface area (TPSA) is 76.7 Å². The number of ether oxygens (including phenoxy) is 2. The van der Waals surface area contributed by atoms with Crippen molar-refractivity contribution in [1.82, 2.24) is 0 Å². The Morgan fingerprint density at radius 1 is 0.561 bits per heavy atom. The van der Waals surface area contributed by atoms with Gasteiger partial charge in [-0.15, -0.1) is 0 Å². The van der Waals surface area contributed by atoms with Crippen molar-refractivity contribution in [2.75, 3.05) is 23.8 Å². The fourth-order valence-electron chi connectivity index (χ4n) is 4.04. The van der Waals surface area contributed by atoms with Crippen LogP contribution in [0.25, 0.3) is 12.2 Å². The molecule has 0 spiro atoms. The van der Waals surface area contributed by atoms with Crippen LogP contribution in [-0.2, 0) is 16.0 Å². The maximum atomic E-state index is 12.3. The Morgan fingerprint density at radius 3 is 1.27 bits per heavy atom. The maximum absolute atomic E-state index is 12.3. The fourth-order valence-corrected chi connectivity index (χ4v) is 4.04. The van der Waals surface area contributed by atoms with Crippen LogP contribution < -0.4 is 20.1 Å². The second-order valence-electron chi connectivity index (χ2n) is 9.22. The highest BCUT2D eigenvalue weighted by atomic mass is 16.5. The summed E-state index contributed by atoms with van der Waals surface area (Å²) in [6, 6.07) is 30.7. The van der Waals surface area contributed by atoms with E-state index in [0.29, 0.717) is 13.2 Å². The summed E-state index contributed by atoms with van der Waals surface area (Å²) in [5.74, 6) is 1.22. The molecule has 0 atom stereocenters. The highest BCUT2D eigenvalue weighted by molar-refractivity contribution is 6.02. The van der Waals surface area contributed by atoms with Crippen molar-refractivity contribution in [2.24, 2.45) is 0 Å². The van der Waals surface area contributed by atoms with Crippen molar-refractivity contribution < 1.29 is 19.1 Å². The molecule has 0 heterocycles. The highest BCUT2D eigenvalue weighted by Crippen LogP contribution is 2.18. The van der Waals surface area contributed by atoms with Crippen molar-refractivity contribution in [3.8, 4) is 11.5 Å². The summed E-state index contributed by atoms with van der Waals surface area (Å²) in [5.41, 5.74) is 5.53. The molecule has 0 aliphatic heterocycles. The van der Waals surface area contributed by atoms with Gasteiger partial charge >= 0.3 is 0 Å². The Hall–Kier alpha value is -5.10. The van der Waals surface area contributed by atoms with E-state index in [0.717, 1.165) is 51.5 Å². The number of nitrogens with one attached hydrogen (secondary N) is 2. The molecule has 2 amide bonds. The van der Waals surface area contributed by atoms with Crippen LogP contribution >= 0.6 is 0 Å². The Morgan fingerprint density at radius 2 is 0.927 bits per heavy atom. The molecular weight excluding hydrogens is 512 g/mol. The van der Waals surface area contributed by atoms with Crippen LogP contribution in [0.5, 0.6) is 11.5 Å². The second-order valence-corrected chi connectivity index (χ2v) is 9.22. The number of hydrogen-bond acceptors (Lipinski definition) is 4. The molecule has 0 aromatic heterocycles. The van der Waals surface area contributed by atoms with Crippen LogP contribution in [0.4, 0.5) is 11.4 Å². The minimum atomic E-state index is -0.196. The van der Waals surface area contributed by atoms with Gasteiger partial charge in [0.25, 0.3) is 0 Å². The lowest BCUT2D eigenvalue weighted by atomic mass is 10.0. The molecule has 0 aliphatic carbocycles. The van der Waals surface area contributed by atoms with Gasteiger partial charge in [0.15, 0.2) is 0 Å². The number of amides is 2. The second kappa shape index (κ2) is 14.9. The average Bonchev–Trinajstić information content (AvgIpc) is 2.99. The Labute approximate surface area is 241 Å². The predicted octanol–water partition coefficient (Wildman–Crippen LogP) is 7.38. The summed E-state index contributed by atoms with van der Waals surface area (Å²) in [6.07, 6.45) is 7.30. The number of benzene rings is 4. The fraction of sp³-hybridized carbons (Fsp3) is 0.143. The van der Waals surface area contributed by atoms with Crippen LogP contribution in [0.2, 0.25) is 0 Å². The summed E-state index contributed by atoms with van der Waals surface area (Å²) in [4.78, 5) is 24.7. The van der Waals surface area contributed by atoms with E-state index in [9.17, 15) is 9.59 Å². The molecule has 0 saturated carbocycles. The number of anilines is 2. The molecule has 4 rings (SSSR count). The van der Waals surface area contributed by atoms with Gasteiger partial charge in [0, 0.05) is 23.5 Å². The standard InChI is InChI=1S/C35H34N2O4/c1-3-40-32-19-9-26(10-20-32)13-23-34(38)36-30-15-5-28(6-16-30)25-29-7-17-31(18-8-29)37-35(39)24-14-27-11-21-33(22-12-27)41-4-2/h5-24H,3-4,25H2,1-2H3,(H,36,38)(H,37,39)/b23-13+,24-14+. The van der Waals surface area contributed by atoms with Gasteiger partial charge in [-0.3, -0.25) is 9.59 Å². The third-order valence-corrected chi connectivity index (χ3v) is 6.09. The molecule has 4 aromatic rings. The van der Waals surface area contributed by atoms with Gasteiger partial charge < -0.3 is 20.1 Å². The van der Waals surface area contributed by atoms with Crippen molar-refractivity contribution in [3.05, 3.63) is 131 Å². The van der Waals surface area contributed by atoms with Crippen LogP contribution in [0, 0.1) is 0 Å². The van der Waals surface area contributed by atoms with Gasteiger partial charge in [0.05, 0.1) is 13.2 Å². The van der Waals surface area contributed by atoms with E-state index in [1.807, 2.05) is 111 Å². The molecule has 6 nitrogen and oxygen atoms in total. The van der Waals surface area contributed by atoms with E-state index < -0.39 is 0 Å². The van der Waals surface area contributed by atoms with Gasteiger partial charge in [0.1, 0.15) is 11.5 Å². The third-order valence-electron chi connectivity index (χ3n) is 6.09. The number of hydrogen-bond donors (Lipinski definition) is 2. The lowest BCUT2D eigenvalue weighted by molar-refractivity contribution is -0.112. The molecule has 208 valence electrons. The van der Waals surface area contributed by atoms with Gasteiger partial charge in [-0.1, -0.05) is 48.5 Å². The first kappa shape index (κ1) is 28.9. The van der Waals surface area contributed by atoms with Crippen molar-refractivity contribution >= 4 is 35.3 Å². The first-order valence-corrected chi connectivity index (χ1v) is 13.6. The zero-order valence-electron chi connectivity index (χ0n) is 23.3. The molecule has 0 unspecified atom stereocenters. The monoisotopic (exact) mass is 546 g/mol. The molecule has 0 radical (unpaired) electrons. The van der Waals surface area contributed by atoms with Gasteiger partial charge in [0.2, 0.25) is 11.8 Å². The summed E-state index contributed by atoms with van der Waals surface area (Å²) >= 11 is 0. The van der Waals surface area contributed by atoms with Gasteiger partial charge in [-0.2, -0.15) is 0 Å². The molecule has 0 fully saturated rings. The van der Waals surface area contributed by atoms with Gasteiger partial charge in [-0.25, -0.2) is 0 Å². The minimum Gasteiger partial charge on any atom is -0.494 e. The Kier molecular flexibility index (Phi) is 10.5. The summed E-state index contributed by atoms with van der Waals surface area (Å²) in [5, 5.41) is 5.77. The molecule has 0 bridgehead atoms. The molecule has 4 aromatic carbocycles. The number of rotatable bonds is 12. The maximum Gasteiger partial charge on any atom is 0.248 e. The van der Waals surface area contributed by atoms with Crippen LogP contribution in [-0.4, -0.2) is 25.0 Å². The molecule has 0 saturated heterocycles. The molecule has 0 aliphatic rings. The predicted molar refractivity (Wildman–Crippen MR) is 166 cm³/mol.